The molecule has 1 unspecified atom stereocenters. The Morgan fingerprint density at radius 2 is 1.41 bits per heavy atom. The molecule has 0 aliphatic carbocycles. The summed E-state index contributed by atoms with van der Waals surface area (Å²) in [4.78, 5) is 0. The fraction of sp³-hybridized carbons (Fsp3) is 0.176. The molecule has 1 atom stereocenters. The van der Waals surface area contributed by atoms with Crippen LogP contribution in [0.15, 0.2) is 66.2 Å². The second-order valence-electron chi connectivity index (χ2n) is 4.43. The lowest BCUT2D eigenvalue weighted by atomic mass is 9.93. The third-order valence-electron chi connectivity index (χ3n) is 3.18. The Hall–Kier alpha value is -1.82. The van der Waals surface area contributed by atoms with Crippen molar-refractivity contribution >= 4 is 6.08 Å². The average molecular weight is 222 g/mol. The van der Waals surface area contributed by atoms with Crippen LogP contribution in [0.3, 0.4) is 0 Å². The predicted octanol–water partition coefficient (Wildman–Crippen LogP) is 4.89. The summed E-state index contributed by atoms with van der Waals surface area (Å²) in [6.45, 7) is 4.45. The molecule has 0 aliphatic rings. The zero-order valence-corrected chi connectivity index (χ0v) is 10.4. The van der Waals surface area contributed by atoms with Gasteiger partial charge in [-0.2, -0.15) is 0 Å². The summed E-state index contributed by atoms with van der Waals surface area (Å²) < 4.78 is 0. The summed E-state index contributed by atoms with van der Waals surface area (Å²) in [5.41, 5.74) is 4.03. The fourth-order valence-corrected chi connectivity index (χ4v) is 1.94. The average Bonchev–Trinajstić information content (AvgIpc) is 2.40. The van der Waals surface area contributed by atoms with Crippen LogP contribution in [0.2, 0.25) is 0 Å². The van der Waals surface area contributed by atoms with Crippen molar-refractivity contribution in [1.82, 2.24) is 0 Å². The van der Waals surface area contributed by atoms with Gasteiger partial charge in [-0.1, -0.05) is 79.2 Å². The molecule has 0 N–H and O–H groups in total. The first-order valence-electron chi connectivity index (χ1n) is 6.05. The molecule has 0 aliphatic heterocycles. The highest BCUT2D eigenvalue weighted by Gasteiger charge is 2.06. The zero-order chi connectivity index (χ0) is 12.1. The molecule has 0 bridgehead atoms. The lowest BCUT2D eigenvalue weighted by Crippen LogP contribution is -1.94. The van der Waals surface area contributed by atoms with Crippen LogP contribution >= 0.6 is 0 Å². The summed E-state index contributed by atoms with van der Waals surface area (Å²) in [6, 6.07) is 21.1. The van der Waals surface area contributed by atoms with Gasteiger partial charge in [0.25, 0.3) is 0 Å². The van der Waals surface area contributed by atoms with Gasteiger partial charge in [-0.15, -0.1) is 0 Å². The molecule has 17 heavy (non-hydrogen) atoms. The fourth-order valence-electron chi connectivity index (χ4n) is 1.94. The number of allylic oxidation sites excluding steroid dienone is 1. The quantitative estimate of drug-likeness (QED) is 0.693. The molecule has 0 nitrogen and oxygen atoms in total. The van der Waals surface area contributed by atoms with Crippen molar-refractivity contribution in [3.8, 4) is 0 Å². The molecule has 0 spiro atoms. The molecule has 2 rings (SSSR count). The lowest BCUT2D eigenvalue weighted by Gasteiger charge is -2.12. The maximum absolute atomic E-state index is 2.26. The van der Waals surface area contributed by atoms with Gasteiger partial charge in [-0.3, -0.25) is 0 Å². The Labute approximate surface area is 104 Å². The molecule has 2 aromatic rings. The van der Waals surface area contributed by atoms with Crippen LogP contribution in [-0.4, -0.2) is 0 Å². The Balaban J connectivity index is 2.21. The van der Waals surface area contributed by atoms with E-state index in [1.807, 2.05) is 6.07 Å². The van der Waals surface area contributed by atoms with E-state index in [4.69, 9.17) is 0 Å². The van der Waals surface area contributed by atoms with E-state index in [1.54, 1.807) is 0 Å². The molecule has 86 valence electrons. The number of rotatable bonds is 3. The summed E-state index contributed by atoms with van der Waals surface area (Å²) >= 11 is 0. The van der Waals surface area contributed by atoms with E-state index in [-0.39, 0.29) is 0 Å². The second-order valence-corrected chi connectivity index (χ2v) is 4.43. The lowest BCUT2D eigenvalue weighted by molar-refractivity contribution is 0.902. The van der Waals surface area contributed by atoms with Crippen molar-refractivity contribution in [3.05, 3.63) is 77.4 Å². The first-order chi connectivity index (χ1) is 8.27. The molecule has 0 heteroatoms. The van der Waals surface area contributed by atoms with Gasteiger partial charge >= 0.3 is 0 Å². The molecule has 2 aromatic carbocycles. The smallest absolute Gasteiger partial charge is 0.00203 e. The van der Waals surface area contributed by atoms with E-state index in [0.29, 0.717) is 5.92 Å². The van der Waals surface area contributed by atoms with E-state index < -0.39 is 0 Å². The number of hydrogen-bond acceptors (Lipinski definition) is 0. The van der Waals surface area contributed by atoms with Crippen molar-refractivity contribution in [3.63, 3.8) is 0 Å². The second kappa shape index (κ2) is 5.49. The Morgan fingerprint density at radius 3 is 2.00 bits per heavy atom. The topological polar surface area (TPSA) is 0 Å². The monoisotopic (exact) mass is 222 g/mol. The third-order valence-corrected chi connectivity index (χ3v) is 3.18. The first kappa shape index (κ1) is 11.7. The van der Waals surface area contributed by atoms with Crippen molar-refractivity contribution in [2.24, 2.45) is 0 Å². The van der Waals surface area contributed by atoms with Gasteiger partial charge in [0, 0.05) is 5.92 Å². The molecular formula is C17H18. The SMILES string of the molecule is C/C(=C\c1ccccc1)C(C)c1ccccc1. The minimum atomic E-state index is 0.469. The minimum Gasteiger partial charge on any atom is -0.0655 e. The Kier molecular flexibility index (Phi) is 3.77. The molecule has 0 saturated heterocycles. The maximum atomic E-state index is 2.26. The summed E-state index contributed by atoms with van der Waals surface area (Å²) in [6.07, 6.45) is 2.26. The highest BCUT2D eigenvalue weighted by atomic mass is 14.1. The largest absolute Gasteiger partial charge is 0.0655 e. The van der Waals surface area contributed by atoms with Crippen molar-refractivity contribution < 1.29 is 0 Å². The molecule has 0 amide bonds. The summed E-state index contributed by atoms with van der Waals surface area (Å²) in [5.74, 6) is 0.469. The van der Waals surface area contributed by atoms with Crippen LogP contribution in [-0.2, 0) is 0 Å². The van der Waals surface area contributed by atoms with Crippen LogP contribution in [0.5, 0.6) is 0 Å². The van der Waals surface area contributed by atoms with Crippen molar-refractivity contribution in [2.45, 2.75) is 19.8 Å². The minimum absolute atomic E-state index is 0.469. The summed E-state index contributed by atoms with van der Waals surface area (Å²) in [5, 5.41) is 0. The predicted molar refractivity (Wildman–Crippen MR) is 75.0 cm³/mol. The van der Waals surface area contributed by atoms with Crippen molar-refractivity contribution in [1.29, 1.82) is 0 Å². The van der Waals surface area contributed by atoms with Gasteiger partial charge in [0.1, 0.15) is 0 Å². The van der Waals surface area contributed by atoms with Gasteiger partial charge in [0.2, 0.25) is 0 Å². The molecule has 0 heterocycles. The zero-order valence-electron chi connectivity index (χ0n) is 10.4. The van der Waals surface area contributed by atoms with E-state index in [0.717, 1.165) is 0 Å². The van der Waals surface area contributed by atoms with Crippen LogP contribution in [0.1, 0.15) is 30.9 Å². The molecule has 0 aromatic heterocycles. The van der Waals surface area contributed by atoms with Crippen LogP contribution in [0, 0.1) is 0 Å². The highest BCUT2D eigenvalue weighted by molar-refractivity contribution is 5.54. The standard InChI is InChI=1S/C17H18/c1-14(13-16-9-5-3-6-10-16)15(2)17-11-7-4-8-12-17/h3-13,15H,1-2H3/b14-13+. The van der Waals surface area contributed by atoms with Gasteiger partial charge in [0.15, 0.2) is 0 Å². The maximum Gasteiger partial charge on any atom is 0.00203 e. The molecule has 0 saturated carbocycles. The number of hydrogen-bond donors (Lipinski definition) is 0. The van der Waals surface area contributed by atoms with Crippen LogP contribution < -0.4 is 0 Å². The van der Waals surface area contributed by atoms with Gasteiger partial charge in [-0.05, 0) is 18.1 Å². The van der Waals surface area contributed by atoms with Gasteiger partial charge < -0.3 is 0 Å². The first-order valence-corrected chi connectivity index (χ1v) is 6.05. The molecule has 0 radical (unpaired) electrons. The van der Waals surface area contributed by atoms with Crippen LogP contribution in [0.25, 0.3) is 6.08 Å². The van der Waals surface area contributed by atoms with E-state index in [2.05, 4.69) is 74.5 Å². The molecule has 0 fully saturated rings. The number of benzene rings is 2. The normalized spacial score (nSPS) is 13.4. The summed E-state index contributed by atoms with van der Waals surface area (Å²) in [7, 11) is 0. The van der Waals surface area contributed by atoms with Gasteiger partial charge in [-0.25, -0.2) is 0 Å². The van der Waals surface area contributed by atoms with E-state index in [1.165, 1.54) is 16.7 Å². The van der Waals surface area contributed by atoms with E-state index >= 15 is 0 Å². The Morgan fingerprint density at radius 1 is 0.882 bits per heavy atom. The molecular weight excluding hydrogens is 204 g/mol. The van der Waals surface area contributed by atoms with Gasteiger partial charge in [0.05, 0.1) is 0 Å². The van der Waals surface area contributed by atoms with Crippen molar-refractivity contribution in [2.75, 3.05) is 0 Å². The third kappa shape index (κ3) is 3.07. The Bertz CT molecular complexity index is 480. The highest BCUT2D eigenvalue weighted by Crippen LogP contribution is 2.24. The van der Waals surface area contributed by atoms with Crippen LogP contribution in [0.4, 0.5) is 0 Å². The van der Waals surface area contributed by atoms with E-state index in [9.17, 15) is 0 Å².